The number of carbonyl (C=O) groups is 3. The van der Waals surface area contributed by atoms with Gasteiger partial charge in [0.25, 0.3) is 11.9 Å². The molecule has 2 aromatic carbocycles. The molecule has 0 atom stereocenters. The predicted octanol–water partition coefficient (Wildman–Crippen LogP) is 3.88. The minimum atomic E-state index is -0.862. The maximum Gasteiger partial charge on any atom is 0.414 e. The molecule has 10 heteroatoms. The summed E-state index contributed by atoms with van der Waals surface area (Å²) in [6.45, 7) is 2.80. The number of aromatic nitrogens is 3. The molecule has 0 radical (unpaired) electrons. The minimum absolute atomic E-state index is 0.0148. The number of rotatable bonds is 10. The van der Waals surface area contributed by atoms with Gasteiger partial charge in [-0.25, -0.2) is 4.79 Å². The fourth-order valence-corrected chi connectivity index (χ4v) is 4.27. The Kier molecular flexibility index (Phi) is 7.39. The van der Waals surface area contributed by atoms with E-state index in [0.717, 1.165) is 22.3 Å². The van der Waals surface area contributed by atoms with E-state index in [1.807, 2.05) is 43.3 Å². The van der Waals surface area contributed by atoms with Gasteiger partial charge in [-0.15, -0.1) is 5.10 Å². The number of nitrogens with zero attached hydrogens (tertiary/aromatic N) is 3. The van der Waals surface area contributed by atoms with Crippen molar-refractivity contribution in [3.63, 3.8) is 0 Å². The van der Waals surface area contributed by atoms with Crippen LogP contribution < -0.4 is 5.32 Å². The van der Waals surface area contributed by atoms with Crippen LogP contribution in [-0.2, 0) is 9.53 Å². The summed E-state index contributed by atoms with van der Waals surface area (Å²) >= 11 is 0. The van der Waals surface area contributed by atoms with E-state index in [-0.39, 0.29) is 36.6 Å². The average molecular weight is 478 g/mol. The Morgan fingerprint density at radius 2 is 1.71 bits per heavy atom. The monoisotopic (exact) mass is 477 g/mol. The number of fused-ring (bicyclic) bond motifs is 3. The van der Waals surface area contributed by atoms with Crippen LogP contribution in [0.15, 0.2) is 48.5 Å². The van der Waals surface area contributed by atoms with Crippen LogP contribution in [0, 0.1) is 0 Å². The number of H-pyrrole nitrogens is 1. The number of carboxylic acids is 1. The maximum absolute atomic E-state index is 12.7. The summed E-state index contributed by atoms with van der Waals surface area (Å²) in [5.74, 6) is -1.39. The summed E-state index contributed by atoms with van der Waals surface area (Å²) in [7, 11) is 0. The van der Waals surface area contributed by atoms with Crippen molar-refractivity contribution in [1.29, 1.82) is 0 Å². The Hall–Kier alpha value is -4.21. The smallest absolute Gasteiger partial charge is 0.414 e. The molecular formula is C25H27N5O5. The van der Waals surface area contributed by atoms with Gasteiger partial charge in [0.2, 0.25) is 5.82 Å². The van der Waals surface area contributed by atoms with Crippen LogP contribution in [0.3, 0.4) is 0 Å². The van der Waals surface area contributed by atoms with Crippen molar-refractivity contribution in [3.05, 3.63) is 65.5 Å². The van der Waals surface area contributed by atoms with Crippen LogP contribution in [-0.4, -0.2) is 62.9 Å². The second-order valence-corrected chi connectivity index (χ2v) is 8.19. The van der Waals surface area contributed by atoms with Crippen LogP contribution in [0.5, 0.6) is 0 Å². The van der Waals surface area contributed by atoms with Crippen LogP contribution in [0.1, 0.15) is 53.8 Å². The highest BCUT2D eigenvalue weighted by molar-refractivity contribution is 5.91. The number of aliphatic carboxylic acids is 1. The zero-order chi connectivity index (χ0) is 24.8. The Bertz CT molecular complexity index is 1180. The van der Waals surface area contributed by atoms with E-state index in [9.17, 15) is 14.4 Å². The standard InChI is InChI=1S/C25H27N5O5/c1-2-30(14-8-7-13-21(31)32)23(33)22-26-24(29-28-22)27-25(34)35-15-20-18-11-5-3-9-16(18)17-10-4-6-12-19(17)20/h3-6,9-12,20H,2,7-8,13-15H2,1H3,(H,31,32)(H2,26,27,28,29,34). The van der Waals surface area contributed by atoms with Crippen LogP contribution in [0.2, 0.25) is 0 Å². The highest BCUT2D eigenvalue weighted by atomic mass is 16.5. The topological polar surface area (TPSA) is 138 Å². The number of amides is 2. The van der Waals surface area contributed by atoms with Gasteiger partial charge < -0.3 is 14.7 Å². The molecule has 1 aliphatic rings. The first-order chi connectivity index (χ1) is 17.0. The summed E-state index contributed by atoms with van der Waals surface area (Å²) in [5.41, 5.74) is 4.49. The van der Waals surface area contributed by atoms with Crippen LogP contribution in [0.4, 0.5) is 10.7 Å². The zero-order valence-electron chi connectivity index (χ0n) is 19.4. The van der Waals surface area contributed by atoms with Crippen molar-refractivity contribution in [2.45, 2.75) is 32.1 Å². The highest BCUT2D eigenvalue weighted by Crippen LogP contribution is 2.44. The first-order valence-electron chi connectivity index (χ1n) is 11.5. The van der Waals surface area contributed by atoms with E-state index in [1.165, 1.54) is 0 Å². The molecule has 0 aliphatic heterocycles. The number of benzene rings is 2. The lowest BCUT2D eigenvalue weighted by Crippen LogP contribution is -2.32. The molecule has 10 nitrogen and oxygen atoms in total. The number of anilines is 1. The molecule has 0 bridgehead atoms. The fraction of sp³-hybridized carbons (Fsp3) is 0.320. The Balaban J connectivity index is 1.32. The molecule has 0 fully saturated rings. The lowest BCUT2D eigenvalue weighted by atomic mass is 9.98. The molecule has 1 aliphatic carbocycles. The van der Waals surface area contributed by atoms with Gasteiger partial charge in [0, 0.05) is 25.4 Å². The molecule has 0 spiro atoms. The third-order valence-corrected chi connectivity index (χ3v) is 5.98. The molecule has 2 amide bonds. The van der Waals surface area contributed by atoms with Gasteiger partial charge in [0.15, 0.2) is 0 Å². The van der Waals surface area contributed by atoms with Crippen molar-refractivity contribution in [2.75, 3.05) is 25.0 Å². The largest absolute Gasteiger partial charge is 0.481 e. The lowest BCUT2D eigenvalue weighted by molar-refractivity contribution is -0.137. The van der Waals surface area contributed by atoms with Gasteiger partial charge >= 0.3 is 12.1 Å². The number of nitrogens with one attached hydrogen (secondary N) is 2. The van der Waals surface area contributed by atoms with E-state index in [1.54, 1.807) is 4.90 Å². The van der Waals surface area contributed by atoms with E-state index in [0.29, 0.717) is 25.9 Å². The molecule has 4 rings (SSSR count). The van der Waals surface area contributed by atoms with Gasteiger partial charge in [-0.2, -0.15) is 4.98 Å². The van der Waals surface area contributed by atoms with Crippen molar-refractivity contribution in [2.24, 2.45) is 0 Å². The van der Waals surface area contributed by atoms with Crippen molar-refractivity contribution < 1.29 is 24.2 Å². The Morgan fingerprint density at radius 3 is 2.34 bits per heavy atom. The van der Waals surface area contributed by atoms with Gasteiger partial charge in [0.1, 0.15) is 6.61 Å². The summed E-state index contributed by atoms with van der Waals surface area (Å²) < 4.78 is 5.48. The van der Waals surface area contributed by atoms with Crippen LogP contribution >= 0.6 is 0 Å². The normalized spacial score (nSPS) is 12.0. The maximum atomic E-state index is 12.7. The van der Waals surface area contributed by atoms with Gasteiger partial charge in [-0.1, -0.05) is 48.5 Å². The first-order valence-corrected chi connectivity index (χ1v) is 11.5. The molecular weight excluding hydrogens is 450 g/mol. The van der Waals surface area contributed by atoms with Gasteiger partial charge in [-0.3, -0.25) is 20.0 Å². The predicted molar refractivity (Wildman–Crippen MR) is 128 cm³/mol. The molecule has 0 saturated heterocycles. The molecule has 35 heavy (non-hydrogen) atoms. The number of hydrogen-bond acceptors (Lipinski definition) is 6. The average Bonchev–Trinajstić information content (AvgIpc) is 3.45. The third-order valence-electron chi connectivity index (χ3n) is 5.98. The second kappa shape index (κ2) is 10.8. The number of carboxylic acid groups (broad SMARTS) is 1. The Labute approximate surface area is 202 Å². The minimum Gasteiger partial charge on any atom is -0.481 e. The van der Waals surface area contributed by atoms with Gasteiger partial charge in [-0.05, 0) is 42.0 Å². The van der Waals surface area contributed by atoms with Crippen molar-refractivity contribution in [3.8, 4) is 11.1 Å². The first kappa shape index (κ1) is 23.9. The summed E-state index contributed by atoms with van der Waals surface area (Å²) in [6.07, 6.45) is 0.378. The summed E-state index contributed by atoms with van der Waals surface area (Å²) in [6, 6.07) is 16.1. The van der Waals surface area contributed by atoms with Crippen LogP contribution in [0.25, 0.3) is 11.1 Å². The fourth-order valence-electron chi connectivity index (χ4n) is 4.27. The molecule has 1 aromatic heterocycles. The zero-order valence-corrected chi connectivity index (χ0v) is 19.4. The molecule has 1 heterocycles. The highest BCUT2D eigenvalue weighted by Gasteiger charge is 2.29. The number of hydrogen-bond donors (Lipinski definition) is 3. The van der Waals surface area contributed by atoms with Crippen molar-refractivity contribution in [1.82, 2.24) is 20.1 Å². The number of carbonyl (C=O) groups excluding carboxylic acids is 2. The third kappa shape index (κ3) is 5.48. The summed E-state index contributed by atoms with van der Waals surface area (Å²) in [4.78, 5) is 41.3. The lowest BCUT2D eigenvalue weighted by Gasteiger charge is -2.19. The molecule has 3 aromatic rings. The SMILES string of the molecule is CCN(CCCCC(=O)O)C(=O)c1nc(NC(=O)OCC2c3ccccc3-c3ccccc32)n[nH]1. The number of aromatic amines is 1. The van der Waals surface area contributed by atoms with Crippen molar-refractivity contribution >= 4 is 23.9 Å². The van der Waals surface area contributed by atoms with E-state index in [4.69, 9.17) is 9.84 Å². The molecule has 3 N–H and O–H groups in total. The van der Waals surface area contributed by atoms with Gasteiger partial charge in [0.05, 0.1) is 0 Å². The Morgan fingerprint density at radius 1 is 1.06 bits per heavy atom. The summed E-state index contributed by atoms with van der Waals surface area (Å²) in [5, 5.41) is 17.6. The van der Waals surface area contributed by atoms with E-state index in [2.05, 4.69) is 32.6 Å². The second-order valence-electron chi connectivity index (χ2n) is 8.19. The molecule has 0 unspecified atom stereocenters. The molecule has 182 valence electrons. The number of unbranched alkanes of at least 4 members (excludes halogenated alkanes) is 1. The number of ether oxygens (including phenoxy) is 1. The quantitative estimate of drug-likeness (QED) is 0.377. The van der Waals surface area contributed by atoms with E-state index >= 15 is 0 Å². The van der Waals surface area contributed by atoms with E-state index < -0.39 is 12.1 Å². The molecule has 0 saturated carbocycles.